The third-order valence-corrected chi connectivity index (χ3v) is 5.59. The van der Waals surface area contributed by atoms with Gasteiger partial charge >= 0.3 is 0 Å². The van der Waals surface area contributed by atoms with Gasteiger partial charge in [-0.05, 0) is 25.0 Å². The highest BCUT2D eigenvalue weighted by Gasteiger charge is 2.36. The Labute approximate surface area is 115 Å². The van der Waals surface area contributed by atoms with E-state index >= 15 is 0 Å². The van der Waals surface area contributed by atoms with E-state index in [9.17, 15) is 17.9 Å². The SMILES string of the molecule is Nc1cc(S(=O)(=O)N2CCC[C@H]2CO)c(Cl)cc1F. The molecule has 0 bridgehead atoms. The first kappa shape index (κ1) is 14.5. The number of aliphatic hydroxyl groups excluding tert-OH is 1. The summed E-state index contributed by atoms with van der Waals surface area (Å²) in [5.74, 6) is -0.760. The Morgan fingerprint density at radius 3 is 2.84 bits per heavy atom. The molecule has 1 atom stereocenters. The van der Waals surface area contributed by atoms with E-state index < -0.39 is 21.9 Å². The molecule has 0 spiro atoms. The zero-order valence-electron chi connectivity index (χ0n) is 10.0. The van der Waals surface area contributed by atoms with Crippen LogP contribution in [-0.2, 0) is 10.0 Å². The largest absolute Gasteiger partial charge is 0.396 e. The van der Waals surface area contributed by atoms with Crippen LogP contribution in [0.2, 0.25) is 5.02 Å². The number of halogens is 2. The standard InChI is InChI=1S/C11H14ClFN2O3S/c12-8-4-9(13)10(14)5-11(8)19(17,18)15-3-1-2-7(15)6-16/h4-5,7,16H,1-3,6,14H2/t7-/m0/s1. The summed E-state index contributed by atoms with van der Waals surface area (Å²) in [4.78, 5) is -0.228. The van der Waals surface area contributed by atoms with Crippen molar-refractivity contribution in [3.8, 4) is 0 Å². The molecule has 5 nitrogen and oxygen atoms in total. The van der Waals surface area contributed by atoms with Crippen LogP contribution < -0.4 is 5.73 Å². The summed E-state index contributed by atoms with van der Waals surface area (Å²) in [7, 11) is -3.88. The van der Waals surface area contributed by atoms with Crippen molar-refractivity contribution in [2.45, 2.75) is 23.8 Å². The fourth-order valence-corrected chi connectivity index (χ4v) is 4.39. The number of sulfonamides is 1. The second kappa shape index (κ2) is 5.24. The lowest BCUT2D eigenvalue weighted by Gasteiger charge is -2.23. The Balaban J connectivity index is 2.48. The van der Waals surface area contributed by atoms with Gasteiger partial charge in [-0.2, -0.15) is 4.31 Å². The van der Waals surface area contributed by atoms with Crippen LogP contribution in [-0.4, -0.2) is 37.0 Å². The number of nitrogen functional groups attached to an aromatic ring is 1. The van der Waals surface area contributed by atoms with Gasteiger partial charge in [-0.25, -0.2) is 12.8 Å². The van der Waals surface area contributed by atoms with E-state index in [0.717, 1.165) is 12.1 Å². The predicted molar refractivity (Wildman–Crippen MR) is 69.8 cm³/mol. The van der Waals surface area contributed by atoms with Gasteiger partial charge in [-0.3, -0.25) is 0 Å². The molecule has 1 saturated heterocycles. The van der Waals surface area contributed by atoms with Crippen LogP contribution in [0.1, 0.15) is 12.8 Å². The van der Waals surface area contributed by atoms with Crippen molar-refractivity contribution in [2.75, 3.05) is 18.9 Å². The number of anilines is 1. The van der Waals surface area contributed by atoms with E-state index in [-0.39, 0.29) is 22.2 Å². The quantitative estimate of drug-likeness (QED) is 0.822. The first-order valence-corrected chi connectivity index (χ1v) is 7.57. The zero-order chi connectivity index (χ0) is 14.2. The molecule has 1 aromatic rings. The lowest BCUT2D eigenvalue weighted by atomic mass is 10.2. The minimum absolute atomic E-state index is 0.213. The molecule has 0 aliphatic carbocycles. The normalized spacial score (nSPS) is 20.9. The van der Waals surface area contributed by atoms with Gasteiger partial charge in [0.25, 0.3) is 0 Å². The molecule has 0 radical (unpaired) electrons. The van der Waals surface area contributed by atoms with Gasteiger partial charge in [0.05, 0.1) is 17.3 Å². The van der Waals surface area contributed by atoms with Crippen LogP contribution in [0, 0.1) is 5.82 Å². The van der Waals surface area contributed by atoms with E-state index in [0.29, 0.717) is 19.4 Å². The summed E-state index contributed by atoms with van der Waals surface area (Å²) in [5.41, 5.74) is 5.11. The Hall–Kier alpha value is -0.890. The molecule has 106 valence electrons. The number of hydrogen-bond acceptors (Lipinski definition) is 4. The monoisotopic (exact) mass is 308 g/mol. The Bertz CT molecular complexity index is 594. The average Bonchev–Trinajstić information content (AvgIpc) is 2.82. The van der Waals surface area contributed by atoms with E-state index in [1.165, 1.54) is 4.31 Å². The van der Waals surface area contributed by atoms with Gasteiger partial charge in [0.1, 0.15) is 10.7 Å². The summed E-state index contributed by atoms with van der Waals surface area (Å²) in [5, 5.41) is 8.98. The van der Waals surface area contributed by atoms with Crippen molar-refractivity contribution in [3.63, 3.8) is 0 Å². The molecule has 0 unspecified atom stereocenters. The van der Waals surface area contributed by atoms with Gasteiger partial charge in [-0.1, -0.05) is 11.6 Å². The van der Waals surface area contributed by atoms with Crippen LogP contribution in [0.5, 0.6) is 0 Å². The number of rotatable bonds is 3. The number of benzene rings is 1. The third-order valence-electron chi connectivity index (χ3n) is 3.17. The first-order valence-electron chi connectivity index (χ1n) is 5.75. The highest BCUT2D eigenvalue weighted by molar-refractivity contribution is 7.89. The Morgan fingerprint density at radius 1 is 1.53 bits per heavy atom. The first-order chi connectivity index (χ1) is 8.87. The molecule has 1 aromatic carbocycles. The van der Waals surface area contributed by atoms with Crippen LogP contribution in [0.4, 0.5) is 10.1 Å². The summed E-state index contributed by atoms with van der Waals surface area (Å²) < 4.78 is 39.3. The summed E-state index contributed by atoms with van der Waals surface area (Å²) in [6, 6.07) is 1.43. The van der Waals surface area contributed by atoms with Crippen molar-refractivity contribution in [1.82, 2.24) is 4.31 Å². The number of aliphatic hydroxyl groups is 1. The summed E-state index contributed by atoms with van der Waals surface area (Å²) >= 11 is 5.79. The van der Waals surface area contributed by atoms with Gasteiger partial charge in [0, 0.05) is 12.6 Å². The molecule has 0 saturated carbocycles. The van der Waals surface area contributed by atoms with Crippen molar-refractivity contribution < 1.29 is 17.9 Å². The lowest BCUT2D eigenvalue weighted by Crippen LogP contribution is -2.37. The van der Waals surface area contributed by atoms with E-state index in [2.05, 4.69) is 0 Å². The molecule has 2 rings (SSSR count). The summed E-state index contributed by atoms with van der Waals surface area (Å²) in [6.45, 7) is 0.0503. The van der Waals surface area contributed by atoms with Crippen LogP contribution in [0.25, 0.3) is 0 Å². The third kappa shape index (κ3) is 2.55. The highest BCUT2D eigenvalue weighted by atomic mass is 35.5. The number of nitrogens with zero attached hydrogens (tertiary/aromatic N) is 1. The van der Waals surface area contributed by atoms with Crippen molar-refractivity contribution in [1.29, 1.82) is 0 Å². The smallest absolute Gasteiger partial charge is 0.244 e. The average molecular weight is 309 g/mol. The minimum Gasteiger partial charge on any atom is -0.396 e. The zero-order valence-corrected chi connectivity index (χ0v) is 11.6. The molecule has 0 aromatic heterocycles. The molecule has 8 heteroatoms. The number of nitrogens with two attached hydrogens (primary N) is 1. The van der Waals surface area contributed by atoms with Crippen molar-refractivity contribution >= 4 is 27.3 Å². The lowest BCUT2D eigenvalue weighted by molar-refractivity contribution is 0.213. The van der Waals surface area contributed by atoms with E-state index in [4.69, 9.17) is 17.3 Å². The van der Waals surface area contributed by atoms with E-state index in [1.54, 1.807) is 0 Å². The predicted octanol–water partition coefficient (Wildman–Crippen LogP) is 1.21. The van der Waals surface area contributed by atoms with Crippen LogP contribution in [0.15, 0.2) is 17.0 Å². The van der Waals surface area contributed by atoms with Crippen LogP contribution >= 0.6 is 11.6 Å². The topological polar surface area (TPSA) is 83.6 Å². The minimum atomic E-state index is -3.88. The van der Waals surface area contributed by atoms with Gasteiger partial charge in [0.2, 0.25) is 10.0 Å². The van der Waals surface area contributed by atoms with Gasteiger partial charge < -0.3 is 10.8 Å². The maximum atomic E-state index is 13.2. The maximum absolute atomic E-state index is 13.2. The molecule has 1 heterocycles. The van der Waals surface area contributed by atoms with Gasteiger partial charge in [0.15, 0.2) is 0 Å². The molecular formula is C11H14ClFN2O3S. The molecule has 1 fully saturated rings. The van der Waals surface area contributed by atoms with E-state index in [1.807, 2.05) is 0 Å². The van der Waals surface area contributed by atoms with Gasteiger partial charge in [-0.15, -0.1) is 0 Å². The summed E-state index contributed by atoms with van der Waals surface area (Å²) in [6.07, 6.45) is 1.25. The Kier molecular flexibility index (Phi) is 4.00. The molecule has 1 aliphatic heterocycles. The molecule has 19 heavy (non-hydrogen) atoms. The second-order valence-corrected chi connectivity index (χ2v) is 6.66. The van der Waals surface area contributed by atoms with Crippen molar-refractivity contribution in [2.24, 2.45) is 0 Å². The Morgan fingerprint density at radius 2 is 2.21 bits per heavy atom. The number of hydrogen-bond donors (Lipinski definition) is 2. The van der Waals surface area contributed by atoms with Crippen LogP contribution in [0.3, 0.4) is 0 Å². The molecule has 0 amide bonds. The molecule has 1 aliphatic rings. The fourth-order valence-electron chi connectivity index (χ4n) is 2.18. The van der Waals surface area contributed by atoms with Crippen molar-refractivity contribution in [3.05, 3.63) is 23.0 Å². The highest BCUT2D eigenvalue weighted by Crippen LogP contribution is 2.32. The second-order valence-electron chi connectivity index (χ2n) is 4.40. The molecule has 3 N–H and O–H groups in total. The fraction of sp³-hybridized carbons (Fsp3) is 0.455. The molecular weight excluding hydrogens is 295 g/mol. The maximum Gasteiger partial charge on any atom is 0.244 e.